The van der Waals surface area contributed by atoms with Gasteiger partial charge in [-0.3, -0.25) is 4.79 Å². The number of carbonyl (C=O) groups excluding carboxylic acids is 1. The van der Waals surface area contributed by atoms with Gasteiger partial charge in [0.1, 0.15) is 5.75 Å². The highest BCUT2D eigenvalue weighted by molar-refractivity contribution is 6.35. The van der Waals surface area contributed by atoms with E-state index < -0.39 is 0 Å². The van der Waals surface area contributed by atoms with Gasteiger partial charge >= 0.3 is 0 Å². The first-order valence-corrected chi connectivity index (χ1v) is 9.11. The van der Waals surface area contributed by atoms with Crippen LogP contribution in [-0.2, 0) is 4.79 Å². The van der Waals surface area contributed by atoms with Gasteiger partial charge in [-0.25, -0.2) is 0 Å². The quantitative estimate of drug-likeness (QED) is 0.783. The number of rotatable bonds is 4. The molecule has 1 saturated heterocycles. The van der Waals surface area contributed by atoms with Gasteiger partial charge in [0.05, 0.1) is 5.02 Å². The van der Waals surface area contributed by atoms with Crippen LogP contribution in [0.3, 0.4) is 0 Å². The summed E-state index contributed by atoms with van der Waals surface area (Å²) in [6.45, 7) is 1.58. The molecule has 2 aromatic rings. The third kappa shape index (κ3) is 3.55. The maximum Gasteiger partial charge on any atom is 0.260 e. The molecule has 0 bridgehead atoms. The van der Waals surface area contributed by atoms with E-state index in [1.165, 1.54) is 0 Å². The Morgan fingerprint density at radius 1 is 1.15 bits per heavy atom. The van der Waals surface area contributed by atoms with Crippen LogP contribution in [0.15, 0.2) is 36.4 Å². The zero-order chi connectivity index (χ0) is 18.1. The summed E-state index contributed by atoms with van der Waals surface area (Å²) >= 11 is 11.9. The minimum atomic E-state index is -0.0562. The number of ether oxygens (including phenoxy) is 3. The zero-order valence-corrected chi connectivity index (χ0v) is 15.4. The lowest BCUT2D eigenvalue weighted by Gasteiger charge is -2.17. The molecule has 7 heteroatoms. The fraction of sp³-hybridized carbons (Fsp3) is 0.316. The SMILES string of the molecule is O=C(COc1ccc(Cl)cc1Cl)N1CC[C@H](c2ccc3c(c2)OCO3)C1. The lowest BCUT2D eigenvalue weighted by atomic mass is 9.98. The van der Waals surface area contributed by atoms with E-state index in [1.54, 1.807) is 18.2 Å². The van der Waals surface area contributed by atoms with Crippen molar-refractivity contribution in [3.8, 4) is 17.2 Å². The molecule has 0 aromatic heterocycles. The van der Waals surface area contributed by atoms with Gasteiger partial charge < -0.3 is 19.1 Å². The first-order valence-electron chi connectivity index (χ1n) is 8.35. The molecule has 0 radical (unpaired) electrons. The van der Waals surface area contributed by atoms with Crippen LogP contribution in [-0.4, -0.2) is 37.3 Å². The first-order chi connectivity index (χ1) is 12.6. The highest BCUT2D eigenvalue weighted by atomic mass is 35.5. The molecule has 1 amide bonds. The number of benzene rings is 2. The number of nitrogens with zero attached hydrogens (tertiary/aromatic N) is 1. The van der Waals surface area contributed by atoms with Crippen LogP contribution in [0.2, 0.25) is 10.0 Å². The van der Waals surface area contributed by atoms with Gasteiger partial charge in [0, 0.05) is 24.0 Å². The van der Waals surface area contributed by atoms with Crippen LogP contribution in [0.4, 0.5) is 0 Å². The number of hydrogen-bond acceptors (Lipinski definition) is 4. The van der Waals surface area contributed by atoms with Crippen LogP contribution >= 0.6 is 23.2 Å². The minimum absolute atomic E-state index is 0.0464. The fourth-order valence-corrected chi connectivity index (χ4v) is 3.71. The largest absolute Gasteiger partial charge is 0.482 e. The number of fused-ring (bicyclic) bond motifs is 1. The molecule has 0 N–H and O–H groups in total. The number of halogens is 2. The summed E-state index contributed by atoms with van der Waals surface area (Å²) in [6.07, 6.45) is 0.910. The van der Waals surface area contributed by atoms with Gasteiger partial charge in [0.2, 0.25) is 6.79 Å². The van der Waals surface area contributed by atoms with Crippen LogP contribution in [0.5, 0.6) is 17.2 Å². The minimum Gasteiger partial charge on any atom is -0.482 e. The highest BCUT2D eigenvalue weighted by Crippen LogP contribution is 2.37. The van der Waals surface area contributed by atoms with E-state index in [0.717, 1.165) is 23.5 Å². The van der Waals surface area contributed by atoms with Crippen molar-refractivity contribution in [2.24, 2.45) is 0 Å². The van der Waals surface area contributed by atoms with Gasteiger partial charge in [0.25, 0.3) is 5.91 Å². The van der Waals surface area contributed by atoms with Crippen molar-refractivity contribution in [3.63, 3.8) is 0 Å². The number of likely N-dealkylation sites (tertiary alicyclic amines) is 1. The Bertz CT molecular complexity index is 842. The number of hydrogen-bond donors (Lipinski definition) is 0. The molecule has 4 rings (SSSR count). The van der Waals surface area contributed by atoms with Gasteiger partial charge in [-0.05, 0) is 42.3 Å². The summed E-state index contributed by atoms with van der Waals surface area (Å²) in [4.78, 5) is 14.3. The Kier molecular flexibility index (Phi) is 4.83. The molecule has 5 nitrogen and oxygen atoms in total. The molecule has 0 spiro atoms. The third-order valence-corrected chi connectivity index (χ3v) is 5.18. The standard InChI is InChI=1S/C19H17Cl2NO4/c20-14-2-4-16(15(21)8-14)24-10-19(23)22-6-5-13(9-22)12-1-3-17-18(7-12)26-11-25-17/h1-4,7-8,13H,5-6,9-11H2/t13-/m0/s1. The van der Waals surface area contributed by atoms with E-state index in [9.17, 15) is 4.79 Å². The number of amides is 1. The van der Waals surface area contributed by atoms with Crippen molar-refractivity contribution in [3.05, 3.63) is 52.0 Å². The highest BCUT2D eigenvalue weighted by Gasteiger charge is 2.28. The van der Waals surface area contributed by atoms with Crippen LogP contribution in [0.1, 0.15) is 17.9 Å². The van der Waals surface area contributed by atoms with E-state index in [4.69, 9.17) is 37.4 Å². The molecule has 136 valence electrons. The second-order valence-corrected chi connectivity index (χ2v) is 7.15. The Hall–Kier alpha value is -2.11. The average Bonchev–Trinajstić information content (AvgIpc) is 3.29. The molecule has 2 aromatic carbocycles. The van der Waals surface area contributed by atoms with Crippen LogP contribution < -0.4 is 14.2 Å². The molecule has 0 saturated carbocycles. The van der Waals surface area contributed by atoms with E-state index in [1.807, 2.05) is 23.1 Å². The topological polar surface area (TPSA) is 48.0 Å². The average molecular weight is 394 g/mol. The molecule has 0 unspecified atom stereocenters. The summed E-state index contributed by atoms with van der Waals surface area (Å²) in [7, 11) is 0. The summed E-state index contributed by atoms with van der Waals surface area (Å²) in [6, 6.07) is 10.9. The molecule has 26 heavy (non-hydrogen) atoms. The van der Waals surface area contributed by atoms with Gasteiger partial charge in [-0.2, -0.15) is 0 Å². The molecule has 2 aliphatic heterocycles. The van der Waals surface area contributed by atoms with Crippen molar-refractivity contribution in [1.29, 1.82) is 0 Å². The summed E-state index contributed by atoms with van der Waals surface area (Å²) < 4.78 is 16.3. The monoisotopic (exact) mass is 393 g/mol. The third-order valence-electron chi connectivity index (χ3n) is 4.65. The molecule has 2 heterocycles. The van der Waals surface area contributed by atoms with Crippen molar-refractivity contribution in [1.82, 2.24) is 4.90 Å². The van der Waals surface area contributed by atoms with Gasteiger partial charge in [-0.15, -0.1) is 0 Å². The lowest BCUT2D eigenvalue weighted by Crippen LogP contribution is -2.32. The van der Waals surface area contributed by atoms with Crippen molar-refractivity contribution in [2.75, 3.05) is 26.5 Å². The van der Waals surface area contributed by atoms with E-state index >= 15 is 0 Å². The summed E-state index contributed by atoms with van der Waals surface area (Å²) in [5.74, 6) is 2.23. The Balaban J connectivity index is 1.35. The second-order valence-electron chi connectivity index (χ2n) is 6.30. The van der Waals surface area contributed by atoms with Crippen LogP contribution in [0.25, 0.3) is 0 Å². The Labute approximate surface area is 161 Å². The predicted molar refractivity (Wildman–Crippen MR) is 98.5 cm³/mol. The lowest BCUT2D eigenvalue weighted by molar-refractivity contribution is -0.132. The Morgan fingerprint density at radius 3 is 2.85 bits per heavy atom. The summed E-state index contributed by atoms with van der Waals surface area (Å²) in [5.41, 5.74) is 1.16. The molecule has 0 aliphatic carbocycles. The van der Waals surface area contributed by atoms with Crippen molar-refractivity contribution in [2.45, 2.75) is 12.3 Å². The van der Waals surface area contributed by atoms with E-state index in [-0.39, 0.29) is 25.2 Å². The van der Waals surface area contributed by atoms with Crippen molar-refractivity contribution >= 4 is 29.1 Å². The van der Waals surface area contributed by atoms with E-state index in [2.05, 4.69) is 0 Å². The maximum absolute atomic E-state index is 12.4. The molecule has 1 atom stereocenters. The molecular formula is C19H17Cl2NO4. The summed E-state index contributed by atoms with van der Waals surface area (Å²) in [5, 5.41) is 0.921. The Morgan fingerprint density at radius 2 is 2.00 bits per heavy atom. The van der Waals surface area contributed by atoms with Gasteiger partial charge in [-0.1, -0.05) is 29.3 Å². The smallest absolute Gasteiger partial charge is 0.260 e. The van der Waals surface area contributed by atoms with Crippen molar-refractivity contribution < 1.29 is 19.0 Å². The normalized spacial score (nSPS) is 18.2. The molecule has 1 fully saturated rings. The predicted octanol–water partition coefficient (Wildman–Crippen LogP) is 4.12. The molecular weight excluding hydrogens is 377 g/mol. The van der Waals surface area contributed by atoms with Gasteiger partial charge in [0.15, 0.2) is 18.1 Å². The maximum atomic E-state index is 12.4. The fourth-order valence-electron chi connectivity index (χ4n) is 3.25. The zero-order valence-electron chi connectivity index (χ0n) is 13.9. The van der Waals surface area contributed by atoms with E-state index in [0.29, 0.717) is 28.9 Å². The molecule has 2 aliphatic rings. The second kappa shape index (κ2) is 7.25. The van der Waals surface area contributed by atoms with Crippen LogP contribution in [0, 0.1) is 0 Å². The first kappa shape index (κ1) is 17.3. The number of carbonyl (C=O) groups is 1.